The fraction of sp³-hybridized carbons (Fsp3) is 0.400. The molecule has 0 amide bonds. The van der Waals surface area contributed by atoms with Gasteiger partial charge in [0.2, 0.25) is 5.82 Å². The Kier molecular flexibility index (Phi) is 1.75. The van der Waals surface area contributed by atoms with Crippen LogP contribution in [0, 0.1) is 0 Å². The Bertz CT molecular complexity index is 363. The van der Waals surface area contributed by atoms with Gasteiger partial charge in [0.25, 0.3) is 5.56 Å². The van der Waals surface area contributed by atoms with E-state index in [1.54, 1.807) is 6.92 Å². The number of aromatic nitrogens is 3. The second kappa shape index (κ2) is 2.57. The van der Waals surface area contributed by atoms with Gasteiger partial charge in [0.15, 0.2) is 0 Å². The highest BCUT2D eigenvalue weighted by atomic mass is 16.2. The molecule has 1 aromatic heterocycles. The van der Waals surface area contributed by atoms with E-state index in [9.17, 15) is 9.59 Å². The SMILES string of the molecule is CCn1nc(N)c(=O)[nH]c1=O. The van der Waals surface area contributed by atoms with Crippen LogP contribution in [0.25, 0.3) is 0 Å². The molecule has 0 atom stereocenters. The Hall–Kier alpha value is -1.59. The third-order valence-corrected chi connectivity index (χ3v) is 1.22. The monoisotopic (exact) mass is 156 g/mol. The van der Waals surface area contributed by atoms with Gasteiger partial charge in [-0.25, -0.2) is 9.48 Å². The van der Waals surface area contributed by atoms with E-state index >= 15 is 0 Å². The summed E-state index contributed by atoms with van der Waals surface area (Å²) in [6.45, 7) is 2.12. The van der Waals surface area contributed by atoms with Gasteiger partial charge < -0.3 is 5.73 Å². The molecule has 0 fully saturated rings. The van der Waals surface area contributed by atoms with Crippen molar-refractivity contribution >= 4 is 5.82 Å². The standard InChI is InChI=1S/C5H8N4O2/c1-2-9-5(11)7-4(10)3(6)8-9/h2H2,1H3,(H2,6,8)(H,7,10,11). The Labute approximate surface area is 61.7 Å². The van der Waals surface area contributed by atoms with Crippen molar-refractivity contribution in [2.24, 2.45) is 0 Å². The van der Waals surface area contributed by atoms with Crippen LogP contribution in [-0.2, 0) is 6.54 Å². The van der Waals surface area contributed by atoms with Gasteiger partial charge in [-0.1, -0.05) is 0 Å². The number of aromatic amines is 1. The lowest BCUT2D eigenvalue weighted by Gasteiger charge is -1.97. The highest BCUT2D eigenvalue weighted by Crippen LogP contribution is 1.76. The number of aryl methyl sites for hydroxylation is 1. The summed E-state index contributed by atoms with van der Waals surface area (Å²) >= 11 is 0. The molecule has 0 saturated heterocycles. The van der Waals surface area contributed by atoms with Gasteiger partial charge in [-0.3, -0.25) is 9.78 Å². The van der Waals surface area contributed by atoms with Gasteiger partial charge >= 0.3 is 5.69 Å². The molecule has 0 unspecified atom stereocenters. The van der Waals surface area contributed by atoms with E-state index in [1.807, 2.05) is 4.98 Å². The predicted molar refractivity (Wildman–Crippen MR) is 39.2 cm³/mol. The molecule has 1 rings (SSSR count). The van der Waals surface area contributed by atoms with E-state index in [4.69, 9.17) is 5.73 Å². The van der Waals surface area contributed by atoms with Gasteiger partial charge in [0.05, 0.1) is 0 Å². The maximum Gasteiger partial charge on any atom is 0.344 e. The average Bonchev–Trinajstić information content (AvgIpc) is 1.97. The smallest absolute Gasteiger partial charge is 0.344 e. The molecular weight excluding hydrogens is 148 g/mol. The Balaban J connectivity index is 3.45. The van der Waals surface area contributed by atoms with Crippen LogP contribution in [-0.4, -0.2) is 14.8 Å². The van der Waals surface area contributed by atoms with E-state index in [1.165, 1.54) is 0 Å². The van der Waals surface area contributed by atoms with Crippen molar-refractivity contribution in [3.8, 4) is 0 Å². The molecule has 0 bridgehead atoms. The van der Waals surface area contributed by atoms with Crippen LogP contribution in [0.15, 0.2) is 9.59 Å². The minimum atomic E-state index is -0.639. The summed E-state index contributed by atoms with van der Waals surface area (Å²) in [6.07, 6.45) is 0. The summed E-state index contributed by atoms with van der Waals surface area (Å²) in [4.78, 5) is 23.5. The highest BCUT2D eigenvalue weighted by molar-refractivity contribution is 5.19. The number of nitrogens with zero attached hydrogens (tertiary/aromatic N) is 2. The number of H-pyrrole nitrogens is 1. The topological polar surface area (TPSA) is 93.8 Å². The lowest BCUT2D eigenvalue weighted by Crippen LogP contribution is -2.33. The van der Waals surface area contributed by atoms with E-state index in [2.05, 4.69) is 5.10 Å². The van der Waals surface area contributed by atoms with Crippen molar-refractivity contribution in [2.45, 2.75) is 13.5 Å². The van der Waals surface area contributed by atoms with Gasteiger partial charge in [-0.05, 0) is 6.92 Å². The number of hydrogen-bond donors (Lipinski definition) is 2. The maximum atomic E-state index is 10.8. The van der Waals surface area contributed by atoms with Crippen LogP contribution in [0.4, 0.5) is 5.82 Å². The first-order valence-corrected chi connectivity index (χ1v) is 3.12. The Morgan fingerprint density at radius 3 is 2.82 bits per heavy atom. The quantitative estimate of drug-likeness (QED) is 0.519. The largest absolute Gasteiger partial charge is 0.378 e. The van der Waals surface area contributed by atoms with Crippen molar-refractivity contribution in [2.75, 3.05) is 5.73 Å². The molecule has 0 aliphatic carbocycles. The molecule has 0 radical (unpaired) electrons. The molecule has 60 valence electrons. The summed E-state index contributed by atoms with van der Waals surface area (Å²) in [5.41, 5.74) is 3.98. The zero-order valence-corrected chi connectivity index (χ0v) is 6.00. The van der Waals surface area contributed by atoms with E-state index in [-0.39, 0.29) is 5.82 Å². The minimum Gasteiger partial charge on any atom is -0.378 e. The number of hydrogen-bond acceptors (Lipinski definition) is 4. The third-order valence-electron chi connectivity index (χ3n) is 1.22. The second-order valence-electron chi connectivity index (χ2n) is 1.96. The molecule has 0 aliphatic rings. The Morgan fingerprint density at radius 2 is 2.27 bits per heavy atom. The van der Waals surface area contributed by atoms with Crippen molar-refractivity contribution in [3.05, 3.63) is 20.8 Å². The molecule has 0 spiro atoms. The minimum absolute atomic E-state index is 0.188. The summed E-state index contributed by atoms with van der Waals surface area (Å²) in [5.74, 6) is -0.188. The van der Waals surface area contributed by atoms with E-state index in [0.717, 1.165) is 4.68 Å². The summed E-state index contributed by atoms with van der Waals surface area (Å²) in [5, 5.41) is 3.53. The molecule has 1 heterocycles. The van der Waals surface area contributed by atoms with E-state index < -0.39 is 11.2 Å². The molecule has 6 heteroatoms. The van der Waals surface area contributed by atoms with Gasteiger partial charge in [-0.2, -0.15) is 0 Å². The lowest BCUT2D eigenvalue weighted by atomic mass is 10.7. The molecule has 3 N–H and O–H groups in total. The van der Waals surface area contributed by atoms with Crippen LogP contribution < -0.4 is 17.0 Å². The summed E-state index contributed by atoms with van der Waals surface area (Å²) in [6, 6.07) is 0. The van der Waals surface area contributed by atoms with Crippen molar-refractivity contribution in [1.82, 2.24) is 14.8 Å². The lowest BCUT2D eigenvalue weighted by molar-refractivity contribution is 0.592. The van der Waals surface area contributed by atoms with Crippen molar-refractivity contribution in [3.63, 3.8) is 0 Å². The first kappa shape index (κ1) is 7.52. The second-order valence-corrected chi connectivity index (χ2v) is 1.96. The zero-order valence-electron chi connectivity index (χ0n) is 6.00. The number of rotatable bonds is 1. The summed E-state index contributed by atoms with van der Waals surface area (Å²) in [7, 11) is 0. The van der Waals surface area contributed by atoms with Gasteiger partial charge in [0, 0.05) is 6.54 Å². The highest BCUT2D eigenvalue weighted by Gasteiger charge is 1.99. The summed E-state index contributed by atoms with van der Waals surface area (Å²) < 4.78 is 1.08. The number of nitrogens with two attached hydrogens (primary N) is 1. The van der Waals surface area contributed by atoms with E-state index in [0.29, 0.717) is 6.54 Å². The first-order valence-electron chi connectivity index (χ1n) is 3.12. The fourth-order valence-electron chi connectivity index (χ4n) is 0.661. The zero-order chi connectivity index (χ0) is 8.43. The number of anilines is 1. The number of nitrogens with one attached hydrogen (secondary N) is 1. The number of nitrogen functional groups attached to an aromatic ring is 1. The van der Waals surface area contributed by atoms with Crippen LogP contribution in [0.5, 0.6) is 0 Å². The van der Waals surface area contributed by atoms with Crippen molar-refractivity contribution in [1.29, 1.82) is 0 Å². The van der Waals surface area contributed by atoms with Gasteiger partial charge in [-0.15, -0.1) is 5.10 Å². The van der Waals surface area contributed by atoms with Crippen LogP contribution in [0.1, 0.15) is 6.92 Å². The fourth-order valence-corrected chi connectivity index (χ4v) is 0.661. The first-order chi connectivity index (χ1) is 5.15. The van der Waals surface area contributed by atoms with Crippen LogP contribution >= 0.6 is 0 Å². The molecule has 0 aliphatic heterocycles. The maximum absolute atomic E-state index is 10.8. The van der Waals surface area contributed by atoms with Gasteiger partial charge in [0.1, 0.15) is 0 Å². The molecule has 0 saturated carbocycles. The van der Waals surface area contributed by atoms with Crippen molar-refractivity contribution < 1.29 is 0 Å². The molecule has 0 aromatic carbocycles. The normalized spacial score (nSPS) is 9.91. The Morgan fingerprint density at radius 1 is 1.64 bits per heavy atom. The molecule has 11 heavy (non-hydrogen) atoms. The van der Waals surface area contributed by atoms with Crippen LogP contribution in [0.2, 0.25) is 0 Å². The molecular formula is C5H8N4O2. The predicted octanol–water partition coefficient (Wildman–Crippen LogP) is -1.47. The third kappa shape index (κ3) is 1.28. The average molecular weight is 156 g/mol. The van der Waals surface area contributed by atoms with Crippen LogP contribution in [0.3, 0.4) is 0 Å². The molecule has 6 nitrogen and oxygen atoms in total. The molecule has 1 aromatic rings.